The van der Waals surface area contributed by atoms with Crippen molar-refractivity contribution in [1.82, 2.24) is 4.98 Å². The third kappa shape index (κ3) is 4.14. The molecule has 0 aliphatic rings. The molecule has 1 amide bonds. The number of aryl methyl sites for hydroxylation is 2. The molecule has 1 aromatic carbocycles. The zero-order chi connectivity index (χ0) is 15.2. The van der Waals surface area contributed by atoms with Crippen molar-refractivity contribution in [2.75, 3.05) is 5.32 Å². The standard InChI is InChI=1S/C16H16N2O3/c1-11-10-13(16(20)21)3-4-14(11)18-15(19)5-2-12-6-8-17-9-7-12/h3-4,6-10H,2,5H2,1H3,(H,18,19)(H,20,21). The second-order valence-corrected chi connectivity index (χ2v) is 4.74. The van der Waals surface area contributed by atoms with Crippen molar-refractivity contribution < 1.29 is 14.7 Å². The summed E-state index contributed by atoms with van der Waals surface area (Å²) in [6.45, 7) is 1.77. The van der Waals surface area contributed by atoms with E-state index in [2.05, 4.69) is 10.3 Å². The Morgan fingerprint density at radius 3 is 2.52 bits per heavy atom. The van der Waals surface area contributed by atoms with Crippen molar-refractivity contribution in [2.45, 2.75) is 19.8 Å². The highest BCUT2D eigenvalue weighted by atomic mass is 16.4. The quantitative estimate of drug-likeness (QED) is 0.884. The van der Waals surface area contributed by atoms with Crippen molar-refractivity contribution in [3.05, 3.63) is 59.4 Å². The number of rotatable bonds is 5. The molecule has 1 heterocycles. The second kappa shape index (κ2) is 6.65. The van der Waals surface area contributed by atoms with Crippen LogP contribution in [0.3, 0.4) is 0 Å². The van der Waals surface area contributed by atoms with Gasteiger partial charge in [0.2, 0.25) is 5.91 Å². The zero-order valence-electron chi connectivity index (χ0n) is 11.7. The molecule has 0 saturated heterocycles. The van der Waals surface area contributed by atoms with E-state index in [4.69, 9.17) is 5.11 Å². The summed E-state index contributed by atoms with van der Waals surface area (Å²) in [5.41, 5.74) is 2.63. The lowest BCUT2D eigenvalue weighted by Gasteiger charge is -2.09. The number of nitrogens with one attached hydrogen (secondary N) is 1. The summed E-state index contributed by atoms with van der Waals surface area (Å²) in [5.74, 6) is -1.08. The van der Waals surface area contributed by atoms with Crippen molar-refractivity contribution >= 4 is 17.6 Å². The predicted octanol–water partition coefficient (Wildman–Crippen LogP) is 2.66. The van der Waals surface area contributed by atoms with Gasteiger partial charge in [0, 0.05) is 24.5 Å². The molecule has 21 heavy (non-hydrogen) atoms. The number of amides is 1. The minimum Gasteiger partial charge on any atom is -0.478 e. The van der Waals surface area contributed by atoms with Crippen molar-refractivity contribution in [3.63, 3.8) is 0 Å². The number of pyridine rings is 1. The van der Waals surface area contributed by atoms with Gasteiger partial charge in [0.25, 0.3) is 0 Å². The maximum atomic E-state index is 11.9. The number of aromatic nitrogens is 1. The number of carbonyl (C=O) groups excluding carboxylic acids is 1. The molecule has 0 atom stereocenters. The van der Waals surface area contributed by atoms with Crippen molar-refractivity contribution in [2.24, 2.45) is 0 Å². The number of benzene rings is 1. The summed E-state index contributed by atoms with van der Waals surface area (Å²) < 4.78 is 0. The molecule has 0 unspecified atom stereocenters. The van der Waals surface area contributed by atoms with Gasteiger partial charge in [-0.3, -0.25) is 9.78 Å². The third-order valence-corrected chi connectivity index (χ3v) is 3.14. The molecule has 0 aliphatic heterocycles. The molecule has 0 aliphatic carbocycles. The number of carboxylic acid groups (broad SMARTS) is 1. The molecule has 2 rings (SSSR count). The van der Waals surface area contributed by atoms with Crippen LogP contribution in [-0.2, 0) is 11.2 Å². The number of hydrogen-bond donors (Lipinski definition) is 2. The SMILES string of the molecule is Cc1cc(C(=O)O)ccc1NC(=O)CCc1ccncc1. The Hall–Kier alpha value is -2.69. The first-order chi connectivity index (χ1) is 10.1. The Morgan fingerprint density at radius 1 is 1.19 bits per heavy atom. The average molecular weight is 284 g/mol. The average Bonchev–Trinajstić information content (AvgIpc) is 2.48. The van der Waals surface area contributed by atoms with E-state index < -0.39 is 5.97 Å². The van der Waals surface area contributed by atoms with Crippen LogP contribution < -0.4 is 5.32 Å². The molecule has 0 spiro atoms. The fourth-order valence-corrected chi connectivity index (χ4v) is 1.96. The molecule has 1 aromatic heterocycles. The summed E-state index contributed by atoms with van der Waals surface area (Å²) in [4.78, 5) is 26.7. The largest absolute Gasteiger partial charge is 0.478 e. The fraction of sp³-hybridized carbons (Fsp3) is 0.188. The minimum absolute atomic E-state index is 0.0991. The van der Waals surface area contributed by atoms with Gasteiger partial charge in [-0.15, -0.1) is 0 Å². The molecule has 108 valence electrons. The van der Waals surface area contributed by atoms with Gasteiger partial charge >= 0.3 is 5.97 Å². The van der Waals surface area contributed by atoms with Crippen LogP contribution in [-0.4, -0.2) is 22.0 Å². The van der Waals surface area contributed by atoms with E-state index in [1.54, 1.807) is 31.5 Å². The molecule has 0 fully saturated rings. The normalized spacial score (nSPS) is 10.1. The van der Waals surface area contributed by atoms with Gasteiger partial charge < -0.3 is 10.4 Å². The first-order valence-electron chi connectivity index (χ1n) is 6.59. The Morgan fingerprint density at radius 2 is 1.90 bits per heavy atom. The molecule has 0 radical (unpaired) electrons. The smallest absolute Gasteiger partial charge is 0.335 e. The second-order valence-electron chi connectivity index (χ2n) is 4.74. The molecule has 2 N–H and O–H groups in total. The number of anilines is 1. The Bertz CT molecular complexity index is 654. The van der Waals surface area contributed by atoms with Gasteiger partial charge in [-0.2, -0.15) is 0 Å². The van der Waals surface area contributed by atoms with E-state index in [-0.39, 0.29) is 11.5 Å². The molecule has 0 bridgehead atoms. The molecule has 2 aromatic rings. The summed E-state index contributed by atoms with van der Waals surface area (Å²) in [5, 5.41) is 11.7. The Kier molecular flexibility index (Phi) is 4.66. The Balaban J connectivity index is 1.95. The molecular formula is C16H16N2O3. The van der Waals surface area contributed by atoms with Gasteiger partial charge in [0.1, 0.15) is 0 Å². The fourth-order valence-electron chi connectivity index (χ4n) is 1.96. The lowest BCUT2D eigenvalue weighted by molar-refractivity contribution is -0.116. The summed E-state index contributed by atoms with van der Waals surface area (Å²) in [6.07, 6.45) is 4.40. The van der Waals surface area contributed by atoms with Crippen molar-refractivity contribution in [1.29, 1.82) is 0 Å². The number of nitrogens with zero attached hydrogens (tertiary/aromatic N) is 1. The van der Waals surface area contributed by atoms with Gasteiger partial charge in [0.05, 0.1) is 5.56 Å². The van der Waals surface area contributed by atoms with Crippen LogP contribution in [0, 0.1) is 6.92 Å². The van der Waals surface area contributed by atoms with E-state index in [0.717, 1.165) is 11.1 Å². The first-order valence-corrected chi connectivity index (χ1v) is 6.59. The van der Waals surface area contributed by atoms with E-state index in [9.17, 15) is 9.59 Å². The van der Waals surface area contributed by atoms with Crippen molar-refractivity contribution in [3.8, 4) is 0 Å². The van der Waals surface area contributed by atoms with E-state index in [0.29, 0.717) is 18.5 Å². The maximum Gasteiger partial charge on any atom is 0.335 e. The van der Waals surface area contributed by atoms with Crippen LogP contribution in [0.2, 0.25) is 0 Å². The lowest BCUT2D eigenvalue weighted by atomic mass is 10.1. The van der Waals surface area contributed by atoms with Gasteiger partial charge in [-0.05, 0) is 54.8 Å². The summed E-state index contributed by atoms with van der Waals surface area (Å²) in [7, 11) is 0. The first kappa shape index (κ1) is 14.7. The third-order valence-electron chi connectivity index (χ3n) is 3.14. The highest BCUT2D eigenvalue weighted by molar-refractivity contribution is 5.93. The number of carboxylic acids is 1. The molecular weight excluding hydrogens is 268 g/mol. The van der Waals surface area contributed by atoms with Crippen LogP contribution in [0.4, 0.5) is 5.69 Å². The van der Waals surface area contributed by atoms with E-state index in [1.165, 1.54) is 6.07 Å². The minimum atomic E-state index is -0.978. The van der Waals surface area contributed by atoms with Crippen LogP contribution >= 0.6 is 0 Å². The van der Waals surface area contributed by atoms with Crippen LogP contribution in [0.15, 0.2) is 42.7 Å². The molecule has 0 saturated carbocycles. The van der Waals surface area contributed by atoms with Crippen LogP contribution in [0.1, 0.15) is 27.9 Å². The van der Waals surface area contributed by atoms with Gasteiger partial charge in [-0.25, -0.2) is 4.79 Å². The Labute approximate surface area is 122 Å². The highest BCUT2D eigenvalue weighted by Gasteiger charge is 2.08. The number of aromatic carboxylic acids is 1. The van der Waals surface area contributed by atoms with Gasteiger partial charge in [0.15, 0.2) is 0 Å². The van der Waals surface area contributed by atoms with Crippen LogP contribution in [0.25, 0.3) is 0 Å². The van der Waals surface area contributed by atoms with E-state index in [1.807, 2.05) is 12.1 Å². The highest BCUT2D eigenvalue weighted by Crippen LogP contribution is 2.17. The van der Waals surface area contributed by atoms with Crippen LogP contribution in [0.5, 0.6) is 0 Å². The summed E-state index contributed by atoms with van der Waals surface area (Å²) >= 11 is 0. The lowest BCUT2D eigenvalue weighted by Crippen LogP contribution is -2.13. The maximum absolute atomic E-state index is 11.9. The van der Waals surface area contributed by atoms with E-state index >= 15 is 0 Å². The zero-order valence-corrected chi connectivity index (χ0v) is 11.7. The summed E-state index contributed by atoms with van der Waals surface area (Å²) in [6, 6.07) is 8.39. The number of carbonyl (C=O) groups is 2. The predicted molar refractivity (Wildman–Crippen MR) is 79.3 cm³/mol. The monoisotopic (exact) mass is 284 g/mol. The molecule has 5 heteroatoms. The number of hydrogen-bond acceptors (Lipinski definition) is 3. The topological polar surface area (TPSA) is 79.3 Å². The van der Waals surface area contributed by atoms with Gasteiger partial charge in [-0.1, -0.05) is 0 Å². The molecule has 5 nitrogen and oxygen atoms in total.